The zero-order valence-electron chi connectivity index (χ0n) is 13.2. The summed E-state index contributed by atoms with van der Waals surface area (Å²) in [5.74, 6) is -0.707. The van der Waals surface area contributed by atoms with E-state index in [4.69, 9.17) is 0 Å². The van der Waals surface area contributed by atoms with Crippen LogP contribution in [0.5, 0.6) is 0 Å². The van der Waals surface area contributed by atoms with Gasteiger partial charge in [-0.2, -0.15) is 0 Å². The number of amides is 2. The van der Waals surface area contributed by atoms with Gasteiger partial charge in [0.2, 0.25) is 5.91 Å². The summed E-state index contributed by atoms with van der Waals surface area (Å²) in [5, 5.41) is 0. The lowest BCUT2D eigenvalue weighted by molar-refractivity contribution is -0.119. The molecule has 0 aliphatic carbocycles. The smallest absolute Gasteiger partial charge is 0.269 e. The first-order valence-corrected chi connectivity index (χ1v) is 8.49. The van der Waals surface area contributed by atoms with Gasteiger partial charge in [0.1, 0.15) is 6.33 Å². The highest BCUT2D eigenvalue weighted by Gasteiger charge is 2.10. The lowest BCUT2D eigenvalue weighted by atomic mass is 10.2. The van der Waals surface area contributed by atoms with E-state index in [1.165, 1.54) is 11.8 Å². The maximum atomic E-state index is 12.1. The normalized spacial score (nSPS) is 10.6. The molecule has 0 saturated carbocycles. The molecule has 0 aliphatic heterocycles. The number of thioether (sulfide) groups is 1. The van der Waals surface area contributed by atoms with Crippen LogP contribution in [0.25, 0.3) is 16.7 Å². The number of rotatable bonds is 3. The summed E-state index contributed by atoms with van der Waals surface area (Å²) in [4.78, 5) is 28.5. The van der Waals surface area contributed by atoms with Crippen LogP contribution in [0.2, 0.25) is 0 Å². The Labute approximate surface area is 143 Å². The number of hydrazine groups is 1. The predicted molar refractivity (Wildman–Crippen MR) is 94.1 cm³/mol. The zero-order valence-corrected chi connectivity index (χ0v) is 14.1. The summed E-state index contributed by atoms with van der Waals surface area (Å²) in [6.07, 6.45) is 3.76. The van der Waals surface area contributed by atoms with E-state index in [1.807, 2.05) is 35.1 Å². The highest BCUT2D eigenvalue weighted by atomic mass is 32.2. The minimum absolute atomic E-state index is 0.330. The van der Waals surface area contributed by atoms with Gasteiger partial charge in [-0.3, -0.25) is 25.0 Å². The van der Waals surface area contributed by atoms with Gasteiger partial charge in [0.05, 0.1) is 11.0 Å². The maximum Gasteiger partial charge on any atom is 0.269 e. The highest BCUT2D eigenvalue weighted by Crippen LogP contribution is 2.22. The number of nitrogens with zero attached hydrogens (tertiary/aromatic N) is 2. The number of carbonyl (C=O) groups is 2. The number of nitrogens with one attached hydrogen (secondary N) is 2. The first-order valence-electron chi connectivity index (χ1n) is 7.27. The van der Waals surface area contributed by atoms with Crippen molar-refractivity contribution in [2.45, 2.75) is 11.8 Å². The zero-order chi connectivity index (χ0) is 17.1. The largest absolute Gasteiger partial charge is 0.299 e. The Bertz CT molecular complexity index is 903. The second-order valence-electron chi connectivity index (χ2n) is 5.15. The van der Waals surface area contributed by atoms with E-state index in [0.29, 0.717) is 5.56 Å². The molecule has 0 unspecified atom stereocenters. The van der Waals surface area contributed by atoms with Crippen molar-refractivity contribution in [1.29, 1.82) is 0 Å². The Kier molecular flexibility index (Phi) is 4.52. The molecule has 7 heteroatoms. The van der Waals surface area contributed by atoms with E-state index < -0.39 is 0 Å². The fraction of sp³-hybridized carbons (Fsp3) is 0.118. The molecule has 0 bridgehead atoms. The van der Waals surface area contributed by atoms with Crippen LogP contribution in [0.1, 0.15) is 17.3 Å². The van der Waals surface area contributed by atoms with Crippen LogP contribution in [0.15, 0.2) is 53.7 Å². The number of aromatic nitrogens is 2. The summed E-state index contributed by atoms with van der Waals surface area (Å²) in [5.41, 5.74) is 7.66. The van der Waals surface area contributed by atoms with E-state index >= 15 is 0 Å². The summed E-state index contributed by atoms with van der Waals surface area (Å²) in [6, 6.07) is 13.3. The van der Waals surface area contributed by atoms with E-state index in [0.717, 1.165) is 16.7 Å². The van der Waals surface area contributed by atoms with Gasteiger partial charge in [-0.05, 0) is 48.7 Å². The van der Waals surface area contributed by atoms with Gasteiger partial charge < -0.3 is 0 Å². The van der Waals surface area contributed by atoms with Crippen molar-refractivity contribution in [3.8, 4) is 5.69 Å². The molecule has 0 radical (unpaired) electrons. The number of hydrogen-bond donors (Lipinski definition) is 2. The molecule has 6 nitrogen and oxygen atoms in total. The first kappa shape index (κ1) is 16.1. The topological polar surface area (TPSA) is 76.0 Å². The molecular weight excluding hydrogens is 324 g/mol. The Morgan fingerprint density at radius 1 is 1.08 bits per heavy atom. The molecule has 1 heterocycles. The van der Waals surface area contributed by atoms with Gasteiger partial charge in [0.15, 0.2) is 0 Å². The first-order chi connectivity index (χ1) is 11.6. The van der Waals surface area contributed by atoms with E-state index in [9.17, 15) is 9.59 Å². The number of fused-ring (bicyclic) bond motifs is 1. The van der Waals surface area contributed by atoms with Crippen molar-refractivity contribution in [3.05, 3.63) is 54.4 Å². The summed E-state index contributed by atoms with van der Waals surface area (Å²) >= 11 is 1.68. The molecule has 0 spiro atoms. The van der Waals surface area contributed by atoms with Crippen molar-refractivity contribution in [2.24, 2.45) is 0 Å². The molecule has 3 rings (SSSR count). The van der Waals surface area contributed by atoms with Crippen molar-refractivity contribution < 1.29 is 9.59 Å². The SMILES string of the molecule is CSc1ccc(-n2cnc3ccc(C(=O)NNC(C)=O)cc32)cc1. The molecule has 3 aromatic rings. The van der Waals surface area contributed by atoms with Crippen LogP contribution in [0.3, 0.4) is 0 Å². The molecule has 0 aliphatic rings. The Hall–Kier alpha value is -2.80. The van der Waals surface area contributed by atoms with Crippen LogP contribution >= 0.6 is 11.8 Å². The minimum Gasteiger partial charge on any atom is -0.299 e. The van der Waals surface area contributed by atoms with Crippen molar-refractivity contribution in [3.63, 3.8) is 0 Å². The van der Waals surface area contributed by atoms with Gasteiger partial charge in [0.25, 0.3) is 5.91 Å². The fourth-order valence-electron chi connectivity index (χ4n) is 2.31. The fourth-order valence-corrected chi connectivity index (χ4v) is 2.72. The van der Waals surface area contributed by atoms with Crippen LogP contribution in [-0.2, 0) is 4.79 Å². The maximum absolute atomic E-state index is 12.1. The van der Waals surface area contributed by atoms with Crippen molar-refractivity contribution >= 4 is 34.6 Å². The molecule has 2 aromatic carbocycles. The van der Waals surface area contributed by atoms with Gasteiger partial charge in [0, 0.05) is 23.1 Å². The van der Waals surface area contributed by atoms with Gasteiger partial charge in [-0.1, -0.05) is 0 Å². The van der Waals surface area contributed by atoms with Gasteiger partial charge in [-0.25, -0.2) is 4.98 Å². The molecule has 0 fully saturated rings. The van der Waals surface area contributed by atoms with Crippen LogP contribution in [0, 0.1) is 0 Å². The third kappa shape index (κ3) is 3.26. The molecule has 122 valence electrons. The second kappa shape index (κ2) is 6.76. The molecule has 24 heavy (non-hydrogen) atoms. The van der Waals surface area contributed by atoms with Crippen LogP contribution in [0.4, 0.5) is 0 Å². The van der Waals surface area contributed by atoms with Gasteiger partial charge >= 0.3 is 0 Å². The molecule has 0 saturated heterocycles. The van der Waals surface area contributed by atoms with Crippen LogP contribution in [-0.4, -0.2) is 27.6 Å². The second-order valence-corrected chi connectivity index (χ2v) is 6.03. The highest BCUT2D eigenvalue weighted by molar-refractivity contribution is 7.98. The minimum atomic E-state index is -0.377. The molecule has 0 atom stereocenters. The number of carbonyl (C=O) groups excluding carboxylic acids is 2. The summed E-state index contributed by atoms with van der Waals surface area (Å²) in [7, 11) is 0. The average Bonchev–Trinajstić information content (AvgIpc) is 3.02. The number of imidazole rings is 1. The monoisotopic (exact) mass is 340 g/mol. The Balaban J connectivity index is 1.96. The van der Waals surface area contributed by atoms with E-state index in [-0.39, 0.29) is 11.8 Å². The molecule has 2 amide bonds. The number of benzene rings is 2. The Morgan fingerprint density at radius 3 is 2.50 bits per heavy atom. The molecule has 2 N–H and O–H groups in total. The quantitative estimate of drug-likeness (QED) is 0.567. The van der Waals surface area contributed by atoms with E-state index in [1.54, 1.807) is 36.3 Å². The lowest BCUT2D eigenvalue weighted by Crippen LogP contribution is -2.40. The standard InChI is InChI=1S/C17H16N4O2S/c1-11(22)19-20-17(23)12-3-8-15-16(9-12)21(10-18-15)13-4-6-14(24-2)7-5-13/h3-10H,1-2H3,(H,19,22)(H,20,23). The third-order valence-electron chi connectivity index (χ3n) is 3.51. The van der Waals surface area contributed by atoms with Crippen molar-refractivity contribution in [2.75, 3.05) is 6.26 Å². The van der Waals surface area contributed by atoms with Crippen molar-refractivity contribution in [1.82, 2.24) is 20.4 Å². The van der Waals surface area contributed by atoms with E-state index in [2.05, 4.69) is 15.8 Å². The molecule has 1 aromatic heterocycles. The summed E-state index contributed by atoms with van der Waals surface area (Å²) < 4.78 is 1.93. The summed E-state index contributed by atoms with van der Waals surface area (Å²) in [6.45, 7) is 1.33. The van der Waals surface area contributed by atoms with Crippen LogP contribution < -0.4 is 10.9 Å². The number of hydrogen-bond acceptors (Lipinski definition) is 4. The lowest BCUT2D eigenvalue weighted by Gasteiger charge is -2.07. The predicted octanol–water partition coefficient (Wildman–Crippen LogP) is 2.53. The molecular formula is C17H16N4O2S. The van der Waals surface area contributed by atoms with Gasteiger partial charge in [-0.15, -0.1) is 11.8 Å². The average molecular weight is 340 g/mol. The Morgan fingerprint density at radius 2 is 1.83 bits per heavy atom. The third-order valence-corrected chi connectivity index (χ3v) is 4.26.